The lowest BCUT2D eigenvalue weighted by molar-refractivity contribution is 0.0952. The largest absolute Gasteiger partial charge is 0.496 e. The van der Waals surface area contributed by atoms with Crippen molar-refractivity contribution in [1.82, 2.24) is 14.9 Å². The number of benzene rings is 2. The molecule has 1 amide bonds. The fraction of sp³-hybridized carbons (Fsp3) is 0.150. The summed E-state index contributed by atoms with van der Waals surface area (Å²) in [5.74, 6) is 0.796. The van der Waals surface area contributed by atoms with Gasteiger partial charge in [-0.2, -0.15) is 0 Å². The molecule has 0 fully saturated rings. The predicted octanol–water partition coefficient (Wildman–Crippen LogP) is 3.56. The highest BCUT2D eigenvalue weighted by Gasteiger charge is 2.08. The molecular weight excluding hydrogens is 314 g/mol. The van der Waals surface area contributed by atoms with Crippen LogP contribution in [0.5, 0.6) is 5.75 Å². The highest BCUT2D eigenvalue weighted by molar-refractivity contribution is 5.97. The Hall–Kier alpha value is -3.21. The van der Waals surface area contributed by atoms with Crippen molar-refractivity contribution in [2.24, 2.45) is 0 Å². The third-order valence-corrected chi connectivity index (χ3v) is 4.45. The number of nitrogens with zero attached hydrogens (tertiary/aromatic N) is 1. The number of ether oxygens (including phenoxy) is 1. The van der Waals surface area contributed by atoms with Crippen molar-refractivity contribution in [1.29, 1.82) is 0 Å². The van der Waals surface area contributed by atoms with Crippen molar-refractivity contribution < 1.29 is 9.53 Å². The van der Waals surface area contributed by atoms with Gasteiger partial charge in [-0.3, -0.25) is 4.79 Å². The summed E-state index contributed by atoms with van der Waals surface area (Å²) in [5.41, 5.74) is 2.73. The van der Waals surface area contributed by atoms with Gasteiger partial charge < -0.3 is 19.6 Å². The van der Waals surface area contributed by atoms with Crippen LogP contribution in [0.3, 0.4) is 0 Å². The Morgan fingerprint density at radius 2 is 2.12 bits per heavy atom. The standard InChI is InChI=1S/C20H19N3O2/c1-25-19-4-2-3-18-16(19)8-11-23(18)12-10-22-20(24)15-6-5-14-7-9-21-17(14)13-15/h2-9,11,13,21H,10,12H2,1H3,(H,22,24). The van der Waals surface area contributed by atoms with Gasteiger partial charge in [-0.05, 0) is 41.8 Å². The van der Waals surface area contributed by atoms with Crippen LogP contribution in [-0.4, -0.2) is 29.1 Å². The van der Waals surface area contributed by atoms with E-state index in [1.807, 2.05) is 54.9 Å². The second-order valence-electron chi connectivity index (χ2n) is 5.94. The van der Waals surface area contributed by atoms with E-state index in [-0.39, 0.29) is 5.91 Å². The highest BCUT2D eigenvalue weighted by atomic mass is 16.5. The van der Waals surface area contributed by atoms with Gasteiger partial charge >= 0.3 is 0 Å². The molecule has 4 rings (SSSR count). The summed E-state index contributed by atoms with van der Waals surface area (Å²) in [4.78, 5) is 15.5. The molecule has 0 aliphatic rings. The Labute approximate surface area is 145 Å². The first kappa shape index (κ1) is 15.3. The molecule has 0 spiro atoms. The third-order valence-electron chi connectivity index (χ3n) is 4.45. The van der Waals surface area contributed by atoms with Crippen LogP contribution in [-0.2, 0) is 6.54 Å². The minimum Gasteiger partial charge on any atom is -0.496 e. The molecule has 0 unspecified atom stereocenters. The maximum absolute atomic E-state index is 12.3. The fourth-order valence-corrected chi connectivity index (χ4v) is 3.15. The van der Waals surface area contributed by atoms with Crippen molar-refractivity contribution in [2.75, 3.05) is 13.7 Å². The number of fused-ring (bicyclic) bond motifs is 2. The fourth-order valence-electron chi connectivity index (χ4n) is 3.15. The average molecular weight is 333 g/mol. The Kier molecular flexibility index (Phi) is 3.90. The molecule has 2 heterocycles. The summed E-state index contributed by atoms with van der Waals surface area (Å²) >= 11 is 0. The van der Waals surface area contributed by atoms with E-state index in [4.69, 9.17) is 4.74 Å². The molecule has 2 N–H and O–H groups in total. The number of aromatic amines is 1. The zero-order valence-corrected chi connectivity index (χ0v) is 14.0. The van der Waals surface area contributed by atoms with Crippen molar-refractivity contribution in [2.45, 2.75) is 6.54 Å². The number of carbonyl (C=O) groups is 1. The summed E-state index contributed by atoms with van der Waals surface area (Å²) in [6.45, 7) is 1.26. The SMILES string of the molecule is COc1cccc2c1ccn2CCNC(=O)c1ccc2cc[nH]c2c1. The van der Waals surface area contributed by atoms with Crippen molar-refractivity contribution in [3.8, 4) is 5.75 Å². The van der Waals surface area contributed by atoms with Gasteiger partial charge in [-0.25, -0.2) is 0 Å². The van der Waals surface area contributed by atoms with Gasteiger partial charge in [0.15, 0.2) is 0 Å². The number of aromatic nitrogens is 2. The molecule has 2 aromatic heterocycles. The Balaban J connectivity index is 1.44. The summed E-state index contributed by atoms with van der Waals surface area (Å²) in [6, 6.07) is 15.7. The van der Waals surface area contributed by atoms with E-state index < -0.39 is 0 Å². The Bertz CT molecular complexity index is 1050. The number of hydrogen-bond donors (Lipinski definition) is 2. The minimum atomic E-state index is -0.0643. The first-order valence-corrected chi connectivity index (χ1v) is 8.23. The molecule has 0 saturated carbocycles. The van der Waals surface area contributed by atoms with E-state index in [0.717, 1.165) is 27.6 Å². The quantitative estimate of drug-likeness (QED) is 0.587. The highest BCUT2D eigenvalue weighted by Crippen LogP contribution is 2.26. The zero-order valence-electron chi connectivity index (χ0n) is 14.0. The van der Waals surface area contributed by atoms with Gasteiger partial charge in [-0.1, -0.05) is 12.1 Å². The topological polar surface area (TPSA) is 59.0 Å². The summed E-state index contributed by atoms with van der Waals surface area (Å²) in [7, 11) is 1.67. The van der Waals surface area contributed by atoms with Gasteiger partial charge in [-0.15, -0.1) is 0 Å². The molecule has 126 valence electrons. The van der Waals surface area contributed by atoms with Crippen LogP contribution in [0.4, 0.5) is 0 Å². The van der Waals surface area contributed by atoms with Crippen molar-refractivity contribution >= 4 is 27.7 Å². The molecule has 0 atom stereocenters. The zero-order chi connectivity index (χ0) is 17.2. The minimum absolute atomic E-state index is 0.0643. The van der Waals surface area contributed by atoms with Crippen molar-refractivity contribution in [3.63, 3.8) is 0 Å². The first-order valence-electron chi connectivity index (χ1n) is 8.23. The number of H-pyrrole nitrogens is 1. The second-order valence-corrected chi connectivity index (χ2v) is 5.94. The van der Waals surface area contributed by atoms with Crippen LogP contribution in [0.25, 0.3) is 21.8 Å². The number of amides is 1. The maximum atomic E-state index is 12.3. The molecule has 25 heavy (non-hydrogen) atoms. The van der Waals surface area contributed by atoms with E-state index in [1.54, 1.807) is 7.11 Å². The van der Waals surface area contributed by atoms with Gasteiger partial charge in [0.25, 0.3) is 5.91 Å². The molecule has 0 radical (unpaired) electrons. The van der Waals surface area contributed by atoms with E-state index >= 15 is 0 Å². The third kappa shape index (κ3) is 2.85. The number of nitrogens with one attached hydrogen (secondary N) is 2. The van der Waals surface area contributed by atoms with E-state index in [0.29, 0.717) is 18.7 Å². The van der Waals surface area contributed by atoms with Crippen LogP contribution >= 0.6 is 0 Å². The lowest BCUT2D eigenvalue weighted by Crippen LogP contribution is -2.27. The first-order chi connectivity index (χ1) is 12.3. The van der Waals surface area contributed by atoms with Gasteiger partial charge in [0.1, 0.15) is 5.75 Å². The van der Waals surface area contributed by atoms with E-state index in [2.05, 4.69) is 20.9 Å². The summed E-state index contributed by atoms with van der Waals surface area (Å²) < 4.78 is 7.50. The molecule has 0 aliphatic heterocycles. The lowest BCUT2D eigenvalue weighted by atomic mass is 10.1. The average Bonchev–Trinajstić information content (AvgIpc) is 3.27. The van der Waals surface area contributed by atoms with Gasteiger partial charge in [0.05, 0.1) is 12.6 Å². The number of hydrogen-bond acceptors (Lipinski definition) is 2. The number of rotatable bonds is 5. The Morgan fingerprint density at radius 3 is 3.00 bits per heavy atom. The predicted molar refractivity (Wildman–Crippen MR) is 99.1 cm³/mol. The molecule has 0 bridgehead atoms. The summed E-state index contributed by atoms with van der Waals surface area (Å²) in [5, 5.41) is 5.16. The molecular formula is C20H19N3O2. The second kappa shape index (κ2) is 6.36. The van der Waals surface area contributed by atoms with Crippen LogP contribution < -0.4 is 10.1 Å². The van der Waals surface area contributed by atoms with Crippen LogP contribution in [0, 0.1) is 0 Å². The molecule has 0 aliphatic carbocycles. The van der Waals surface area contributed by atoms with Crippen LogP contribution in [0.2, 0.25) is 0 Å². The maximum Gasteiger partial charge on any atom is 0.251 e. The molecule has 0 saturated heterocycles. The smallest absolute Gasteiger partial charge is 0.251 e. The van der Waals surface area contributed by atoms with Gasteiger partial charge in [0, 0.05) is 41.9 Å². The summed E-state index contributed by atoms with van der Waals surface area (Å²) in [6.07, 6.45) is 3.89. The van der Waals surface area contributed by atoms with Crippen molar-refractivity contribution in [3.05, 3.63) is 66.5 Å². The lowest BCUT2D eigenvalue weighted by Gasteiger charge is -2.09. The monoisotopic (exact) mass is 333 g/mol. The van der Waals surface area contributed by atoms with E-state index in [9.17, 15) is 4.79 Å². The normalized spacial score (nSPS) is 11.1. The number of methoxy groups -OCH3 is 1. The molecule has 2 aromatic carbocycles. The molecule has 5 nitrogen and oxygen atoms in total. The van der Waals surface area contributed by atoms with Crippen LogP contribution in [0.1, 0.15) is 10.4 Å². The van der Waals surface area contributed by atoms with Crippen LogP contribution in [0.15, 0.2) is 60.9 Å². The molecule has 4 aromatic rings. The number of carbonyl (C=O) groups excluding carboxylic acids is 1. The molecule has 5 heteroatoms. The Morgan fingerprint density at radius 1 is 1.20 bits per heavy atom. The van der Waals surface area contributed by atoms with E-state index in [1.165, 1.54) is 0 Å². The van der Waals surface area contributed by atoms with Gasteiger partial charge in [0.2, 0.25) is 0 Å².